The van der Waals surface area contributed by atoms with Gasteiger partial charge in [-0.3, -0.25) is 14.3 Å². The summed E-state index contributed by atoms with van der Waals surface area (Å²) in [6, 6.07) is 9.14. The molecule has 1 fully saturated rings. The van der Waals surface area contributed by atoms with Crippen molar-refractivity contribution in [3.8, 4) is 0 Å². The number of hydrogen-bond acceptors (Lipinski definition) is 5. The first-order chi connectivity index (χ1) is 18.1. The van der Waals surface area contributed by atoms with Gasteiger partial charge in [-0.05, 0) is 56.2 Å². The van der Waals surface area contributed by atoms with Crippen molar-refractivity contribution in [2.24, 2.45) is 0 Å². The molecule has 38 heavy (non-hydrogen) atoms. The Morgan fingerprint density at radius 1 is 1.16 bits per heavy atom. The number of alkyl halides is 3. The zero-order valence-electron chi connectivity index (χ0n) is 21.4. The van der Waals surface area contributed by atoms with Crippen LogP contribution in [-0.4, -0.2) is 56.5 Å². The molecule has 0 spiro atoms. The summed E-state index contributed by atoms with van der Waals surface area (Å²) in [6.45, 7) is 2.08. The second-order valence-electron chi connectivity index (χ2n) is 10.1. The number of nitrogens with zero attached hydrogens (tertiary/aromatic N) is 5. The molecule has 202 valence electrons. The van der Waals surface area contributed by atoms with E-state index in [1.54, 1.807) is 16.8 Å². The molecule has 2 aliphatic rings. The van der Waals surface area contributed by atoms with Crippen molar-refractivity contribution in [1.29, 1.82) is 0 Å². The van der Waals surface area contributed by atoms with Gasteiger partial charge in [-0.25, -0.2) is 4.98 Å². The Morgan fingerprint density at radius 2 is 1.89 bits per heavy atom. The monoisotopic (exact) mass is 529 g/mol. The average Bonchev–Trinajstić information content (AvgIpc) is 3.55. The first-order valence-corrected chi connectivity index (χ1v) is 12.8. The van der Waals surface area contributed by atoms with Gasteiger partial charge < -0.3 is 14.2 Å². The number of hydrogen-bond donors (Lipinski definition) is 0. The van der Waals surface area contributed by atoms with Crippen molar-refractivity contribution in [2.75, 3.05) is 20.1 Å². The molecule has 1 aliphatic carbocycles. The van der Waals surface area contributed by atoms with Crippen LogP contribution in [0, 0.1) is 6.92 Å². The van der Waals surface area contributed by atoms with Crippen molar-refractivity contribution in [3.63, 3.8) is 0 Å². The molecule has 1 aliphatic heterocycles. The summed E-state index contributed by atoms with van der Waals surface area (Å²) in [6.07, 6.45) is 0.939. The highest BCUT2D eigenvalue weighted by atomic mass is 19.4. The number of benzene rings is 1. The molecule has 1 saturated heterocycles. The Hall–Kier alpha value is -3.63. The van der Waals surface area contributed by atoms with E-state index in [2.05, 4.69) is 22.2 Å². The molecule has 0 N–H and O–H groups in total. The van der Waals surface area contributed by atoms with Crippen molar-refractivity contribution in [1.82, 2.24) is 24.6 Å². The van der Waals surface area contributed by atoms with Crippen molar-refractivity contribution < 1.29 is 27.2 Å². The molecule has 2 amide bonds. The van der Waals surface area contributed by atoms with Gasteiger partial charge in [0.05, 0.1) is 6.04 Å². The Morgan fingerprint density at radius 3 is 2.61 bits per heavy atom. The predicted octanol–water partition coefficient (Wildman–Crippen LogP) is 4.75. The van der Waals surface area contributed by atoms with E-state index < -0.39 is 11.9 Å². The fraction of sp³-hybridized carbons (Fsp3) is 0.481. The van der Waals surface area contributed by atoms with Crippen LogP contribution in [0.25, 0.3) is 0 Å². The molecule has 8 nitrogen and oxygen atoms in total. The van der Waals surface area contributed by atoms with E-state index in [1.807, 2.05) is 12.1 Å². The van der Waals surface area contributed by atoms with Crippen LogP contribution in [0.2, 0.25) is 0 Å². The van der Waals surface area contributed by atoms with E-state index in [0.29, 0.717) is 31.8 Å². The van der Waals surface area contributed by atoms with Crippen molar-refractivity contribution >= 4 is 11.8 Å². The SMILES string of the molecule is Cc1cc(C(F)(F)F)nn1CC(=O)N1CCC(c2nc(C(=O)N(C)C3CCCc4ccccc43)co2)CC1. The third-order valence-corrected chi connectivity index (χ3v) is 7.62. The Bertz CT molecular complexity index is 1320. The first kappa shape index (κ1) is 26.0. The first-order valence-electron chi connectivity index (χ1n) is 12.8. The number of amides is 2. The van der Waals surface area contributed by atoms with E-state index in [4.69, 9.17) is 4.42 Å². The lowest BCUT2D eigenvalue weighted by atomic mass is 9.87. The van der Waals surface area contributed by atoms with Crippen molar-refractivity contribution in [2.45, 2.75) is 63.7 Å². The zero-order chi connectivity index (χ0) is 27.0. The lowest BCUT2D eigenvalue weighted by Gasteiger charge is -2.33. The van der Waals surface area contributed by atoms with Gasteiger partial charge in [-0.15, -0.1) is 0 Å². The maximum absolute atomic E-state index is 13.2. The van der Waals surface area contributed by atoms with Crippen LogP contribution in [-0.2, 0) is 23.9 Å². The summed E-state index contributed by atoms with van der Waals surface area (Å²) in [7, 11) is 1.80. The number of aryl methyl sites for hydroxylation is 2. The van der Waals surface area contributed by atoms with Gasteiger partial charge >= 0.3 is 6.18 Å². The molecule has 0 saturated carbocycles. The van der Waals surface area contributed by atoms with Crippen LogP contribution < -0.4 is 0 Å². The summed E-state index contributed by atoms with van der Waals surface area (Å²) < 4.78 is 45.5. The molecular formula is C27H30F3N5O3. The smallest absolute Gasteiger partial charge is 0.435 e. The molecule has 1 aromatic carbocycles. The molecule has 3 aromatic rings. The van der Waals surface area contributed by atoms with Crippen LogP contribution in [0.4, 0.5) is 13.2 Å². The molecule has 11 heteroatoms. The topological polar surface area (TPSA) is 84.5 Å². The van der Waals surface area contributed by atoms with E-state index in [0.717, 1.165) is 30.0 Å². The highest BCUT2D eigenvalue weighted by molar-refractivity contribution is 5.92. The molecule has 5 rings (SSSR count). The fourth-order valence-electron chi connectivity index (χ4n) is 5.44. The van der Waals surface area contributed by atoms with E-state index in [9.17, 15) is 22.8 Å². The number of aromatic nitrogens is 3. The minimum absolute atomic E-state index is 0.00696. The number of fused-ring (bicyclic) bond motifs is 1. The van der Waals surface area contributed by atoms with Crippen LogP contribution in [0.5, 0.6) is 0 Å². The third-order valence-electron chi connectivity index (χ3n) is 7.62. The highest BCUT2D eigenvalue weighted by Crippen LogP contribution is 2.35. The van der Waals surface area contributed by atoms with Gasteiger partial charge in [0, 0.05) is 31.7 Å². The zero-order valence-corrected chi connectivity index (χ0v) is 21.4. The maximum atomic E-state index is 13.2. The van der Waals surface area contributed by atoms with Crippen LogP contribution in [0.1, 0.15) is 76.5 Å². The molecule has 0 radical (unpaired) electrons. The maximum Gasteiger partial charge on any atom is 0.435 e. The van der Waals surface area contributed by atoms with E-state index in [1.165, 1.54) is 24.3 Å². The lowest BCUT2D eigenvalue weighted by molar-refractivity contribution is -0.142. The average molecular weight is 530 g/mol. The normalized spacial score (nSPS) is 18.3. The lowest BCUT2D eigenvalue weighted by Crippen LogP contribution is -2.40. The quantitative estimate of drug-likeness (QED) is 0.476. The molecule has 1 unspecified atom stereocenters. The van der Waals surface area contributed by atoms with Gasteiger partial charge in [0.1, 0.15) is 12.8 Å². The summed E-state index contributed by atoms with van der Waals surface area (Å²) >= 11 is 0. The number of rotatable bonds is 5. The second kappa shape index (κ2) is 10.3. The van der Waals surface area contributed by atoms with Gasteiger partial charge in [-0.1, -0.05) is 24.3 Å². The number of carbonyl (C=O) groups is 2. The van der Waals surface area contributed by atoms with Gasteiger partial charge in [0.25, 0.3) is 5.91 Å². The predicted molar refractivity (Wildman–Crippen MR) is 131 cm³/mol. The number of carbonyl (C=O) groups excluding carboxylic acids is 2. The molecule has 1 atom stereocenters. The minimum Gasteiger partial charge on any atom is -0.448 e. The molecular weight excluding hydrogens is 499 g/mol. The number of piperidine rings is 1. The number of likely N-dealkylation sites (tertiary alicyclic amines) is 1. The summed E-state index contributed by atoms with van der Waals surface area (Å²) in [5.74, 6) is -0.0663. The molecule has 3 heterocycles. The van der Waals surface area contributed by atoms with Crippen LogP contribution in [0.15, 0.2) is 41.0 Å². The highest BCUT2D eigenvalue weighted by Gasteiger charge is 2.35. The third kappa shape index (κ3) is 5.19. The van der Waals surface area contributed by atoms with Gasteiger partial charge in [0.15, 0.2) is 17.3 Å². The Kier molecular flexibility index (Phi) is 7.02. The summed E-state index contributed by atoms with van der Waals surface area (Å²) in [5, 5.41) is 3.54. The largest absolute Gasteiger partial charge is 0.448 e. The second-order valence-corrected chi connectivity index (χ2v) is 10.1. The summed E-state index contributed by atoms with van der Waals surface area (Å²) in [4.78, 5) is 33.8. The van der Waals surface area contributed by atoms with E-state index in [-0.39, 0.29) is 41.7 Å². The Labute approximate surface area is 218 Å². The standard InChI is InChI=1S/C27H30F3N5O3/c1-17-14-23(27(28,29)30)32-35(17)15-24(36)34-12-10-19(11-13-34)25-31-21(16-38-25)26(37)33(2)22-9-5-7-18-6-3-4-8-20(18)22/h3-4,6,8,14,16,19,22H,5,7,9-13,15H2,1-2H3. The van der Waals surface area contributed by atoms with E-state index >= 15 is 0 Å². The molecule has 2 aromatic heterocycles. The van der Waals surface area contributed by atoms with Gasteiger partial charge in [-0.2, -0.15) is 18.3 Å². The summed E-state index contributed by atoms with van der Waals surface area (Å²) in [5.41, 5.74) is 1.98. The molecule has 0 bridgehead atoms. The van der Waals surface area contributed by atoms with Crippen LogP contribution in [0.3, 0.4) is 0 Å². The fourth-order valence-corrected chi connectivity index (χ4v) is 5.44. The van der Waals surface area contributed by atoms with Crippen molar-refractivity contribution in [3.05, 3.63) is 70.7 Å². The minimum atomic E-state index is -4.55. The number of oxazole rings is 1. The number of halogens is 3. The van der Waals surface area contributed by atoms with Crippen LogP contribution >= 0.6 is 0 Å². The van der Waals surface area contributed by atoms with Gasteiger partial charge in [0.2, 0.25) is 5.91 Å². The Balaban J connectivity index is 1.18.